The first-order valence-corrected chi connectivity index (χ1v) is 5.61. The van der Waals surface area contributed by atoms with E-state index in [1.807, 2.05) is 33.0 Å². The van der Waals surface area contributed by atoms with E-state index in [1.165, 1.54) is 0 Å². The highest BCUT2D eigenvalue weighted by atomic mass is 16.5. The number of hydrogen-bond donors (Lipinski definition) is 0. The van der Waals surface area contributed by atoms with Crippen molar-refractivity contribution in [2.75, 3.05) is 34.3 Å². The molecule has 0 spiro atoms. The van der Waals surface area contributed by atoms with Gasteiger partial charge in [-0.2, -0.15) is 0 Å². The molecule has 1 unspecified atom stereocenters. The molecule has 0 amide bonds. The molecular weight excluding hydrogens is 192 g/mol. The van der Waals surface area contributed by atoms with Crippen LogP contribution in [-0.4, -0.2) is 55.7 Å². The Bertz CT molecular complexity index is 231. The van der Waals surface area contributed by atoms with Crippen LogP contribution in [0.4, 0.5) is 0 Å². The Morgan fingerprint density at radius 1 is 1.47 bits per heavy atom. The van der Waals surface area contributed by atoms with Gasteiger partial charge in [-0.3, -0.25) is 9.80 Å². The largest absolute Gasteiger partial charge is 0.464 e. The number of ether oxygens (including phenoxy) is 1. The predicted octanol–water partition coefficient (Wildman–Crippen LogP) is 0.923. The summed E-state index contributed by atoms with van der Waals surface area (Å²) in [6.07, 6.45) is 3.10. The lowest BCUT2D eigenvalue weighted by Gasteiger charge is -2.47. The fourth-order valence-corrected chi connectivity index (χ4v) is 2.35. The lowest BCUT2D eigenvalue weighted by Crippen LogP contribution is -2.64. The van der Waals surface area contributed by atoms with Crippen molar-refractivity contribution >= 4 is 5.97 Å². The molecule has 15 heavy (non-hydrogen) atoms. The van der Waals surface area contributed by atoms with Gasteiger partial charge in [-0.1, -0.05) is 0 Å². The predicted molar refractivity (Wildman–Crippen MR) is 59.5 cm³/mol. The maximum atomic E-state index is 12.1. The lowest BCUT2D eigenvalue weighted by atomic mass is 9.94. The number of likely N-dealkylation sites (N-methyl/N-ethyl adjacent to an activating group) is 2. The molecule has 0 aliphatic carbocycles. The van der Waals surface area contributed by atoms with Gasteiger partial charge in [-0.05, 0) is 47.3 Å². The molecule has 4 heteroatoms. The van der Waals surface area contributed by atoms with Gasteiger partial charge in [0.05, 0.1) is 6.61 Å². The van der Waals surface area contributed by atoms with Crippen LogP contribution in [-0.2, 0) is 9.53 Å². The van der Waals surface area contributed by atoms with Crippen LogP contribution in [0.2, 0.25) is 0 Å². The molecule has 0 radical (unpaired) electrons. The van der Waals surface area contributed by atoms with Crippen molar-refractivity contribution < 1.29 is 9.53 Å². The second-order valence-corrected chi connectivity index (χ2v) is 4.31. The molecular formula is C11H22N2O2. The molecule has 0 N–H and O–H groups in total. The topological polar surface area (TPSA) is 32.8 Å². The number of hydrogen-bond acceptors (Lipinski definition) is 4. The van der Waals surface area contributed by atoms with Gasteiger partial charge in [0.2, 0.25) is 0 Å². The van der Waals surface area contributed by atoms with Gasteiger partial charge < -0.3 is 4.74 Å². The molecule has 0 aromatic rings. The summed E-state index contributed by atoms with van der Waals surface area (Å²) in [5.41, 5.74) is -0.547. The van der Waals surface area contributed by atoms with Gasteiger partial charge in [0.1, 0.15) is 0 Å². The molecule has 0 aromatic heterocycles. The Hall–Kier alpha value is -0.610. The van der Waals surface area contributed by atoms with E-state index < -0.39 is 5.66 Å². The molecule has 4 nitrogen and oxygen atoms in total. The van der Waals surface area contributed by atoms with Crippen molar-refractivity contribution in [2.45, 2.75) is 31.8 Å². The van der Waals surface area contributed by atoms with Gasteiger partial charge >= 0.3 is 5.97 Å². The summed E-state index contributed by atoms with van der Waals surface area (Å²) in [4.78, 5) is 16.1. The van der Waals surface area contributed by atoms with E-state index in [-0.39, 0.29) is 5.97 Å². The Morgan fingerprint density at radius 2 is 2.13 bits per heavy atom. The minimum atomic E-state index is -0.547. The van der Waals surface area contributed by atoms with Crippen LogP contribution >= 0.6 is 0 Å². The fourth-order valence-electron chi connectivity index (χ4n) is 2.35. The zero-order valence-electron chi connectivity index (χ0n) is 10.2. The number of rotatable bonds is 3. The summed E-state index contributed by atoms with van der Waals surface area (Å²) in [5.74, 6) is -0.114. The van der Waals surface area contributed by atoms with Gasteiger partial charge in [0, 0.05) is 6.54 Å². The van der Waals surface area contributed by atoms with E-state index in [0.717, 1.165) is 25.8 Å². The second kappa shape index (κ2) is 4.94. The minimum Gasteiger partial charge on any atom is -0.464 e. The summed E-state index contributed by atoms with van der Waals surface area (Å²) in [6, 6.07) is 0. The molecule has 1 fully saturated rings. The Balaban J connectivity index is 2.90. The Labute approximate surface area is 92.2 Å². The summed E-state index contributed by atoms with van der Waals surface area (Å²) < 4.78 is 5.19. The molecule has 1 heterocycles. The van der Waals surface area contributed by atoms with E-state index in [2.05, 4.69) is 4.90 Å². The second-order valence-electron chi connectivity index (χ2n) is 4.31. The monoisotopic (exact) mass is 214 g/mol. The van der Waals surface area contributed by atoms with Crippen LogP contribution in [0.25, 0.3) is 0 Å². The highest BCUT2D eigenvalue weighted by molar-refractivity contribution is 5.80. The third-order valence-electron chi connectivity index (χ3n) is 3.24. The van der Waals surface area contributed by atoms with Crippen LogP contribution in [0.1, 0.15) is 26.2 Å². The van der Waals surface area contributed by atoms with Crippen LogP contribution in [0.5, 0.6) is 0 Å². The van der Waals surface area contributed by atoms with Gasteiger partial charge in [-0.25, -0.2) is 4.79 Å². The molecule has 1 rings (SSSR count). The maximum Gasteiger partial charge on any atom is 0.341 e. The fraction of sp³-hybridized carbons (Fsp3) is 0.909. The normalized spacial score (nSPS) is 28.1. The Morgan fingerprint density at radius 3 is 2.60 bits per heavy atom. The summed E-state index contributed by atoms with van der Waals surface area (Å²) in [7, 11) is 5.88. The van der Waals surface area contributed by atoms with E-state index in [0.29, 0.717) is 6.61 Å². The van der Waals surface area contributed by atoms with Crippen molar-refractivity contribution in [1.29, 1.82) is 0 Å². The number of nitrogens with zero attached hydrogens (tertiary/aromatic N) is 2. The molecule has 0 bridgehead atoms. The van der Waals surface area contributed by atoms with Crippen molar-refractivity contribution in [2.24, 2.45) is 0 Å². The first-order chi connectivity index (χ1) is 7.05. The van der Waals surface area contributed by atoms with Crippen LogP contribution < -0.4 is 0 Å². The molecule has 1 aliphatic heterocycles. The highest BCUT2D eigenvalue weighted by Crippen LogP contribution is 2.29. The zero-order valence-corrected chi connectivity index (χ0v) is 10.2. The van der Waals surface area contributed by atoms with Crippen LogP contribution in [0.3, 0.4) is 0 Å². The summed E-state index contributed by atoms with van der Waals surface area (Å²) in [6.45, 7) is 3.25. The van der Waals surface area contributed by atoms with Gasteiger partial charge in [-0.15, -0.1) is 0 Å². The standard InChI is InChI=1S/C11H22N2O2/c1-5-15-10(14)11(12(2)3)8-6-7-9-13(11)4/h5-9H2,1-4H3. The molecule has 1 atom stereocenters. The molecule has 0 aromatic carbocycles. The molecule has 1 saturated heterocycles. The number of esters is 1. The quantitative estimate of drug-likeness (QED) is 0.654. The van der Waals surface area contributed by atoms with Crippen molar-refractivity contribution in [3.8, 4) is 0 Å². The summed E-state index contributed by atoms with van der Waals surface area (Å²) in [5, 5.41) is 0. The van der Waals surface area contributed by atoms with E-state index in [1.54, 1.807) is 0 Å². The van der Waals surface area contributed by atoms with Crippen molar-refractivity contribution in [3.63, 3.8) is 0 Å². The first kappa shape index (κ1) is 12.5. The van der Waals surface area contributed by atoms with Gasteiger partial charge in [0.15, 0.2) is 5.66 Å². The number of carbonyl (C=O) groups is 1. The van der Waals surface area contributed by atoms with Crippen molar-refractivity contribution in [3.05, 3.63) is 0 Å². The SMILES string of the molecule is CCOC(=O)C1(N(C)C)CCCCN1C. The van der Waals surface area contributed by atoms with Crippen LogP contribution in [0.15, 0.2) is 0 Å². The van der Waals surface area contributed by atoms with Crippen LogP contribution in [0, 0.1) is 0 Å². The third-order valence-corrected chi connectivity index (χ3v) is 3.24. The Kier molecular flexibility index (Phi) is 4.11. The zero-order chi connectivity index (χ0) is 11.5. The molecule has 1 aliphatic rings. The first-order valence-electron chi connectivity index (χ1n) is 5.61. The smallest absolute Gasteiger partial charge is 0.341 e. The van der Waals surface area contributed by atoms with E-state index >= 15 is 0 Å². The van der Waals surface area contributed by atoms with E-state index in [4.69, 9.17) is 4.74 Å². The number of carbonyl (C=O) groups excluding carboxylic acids is 1. The minimum absolute atomic E-state index is 0.114. The number of piperidine rings is 1. The third kappa shape index (κ3) is 2.16. The number of likely N-dealkylation sites (tertiary alicyclic amines) is 1. The highest BCUT2D eigenvalue weighted by Gasteiger charge is 2.47. The maximum absolute atomic E-state index is 12.1. The molecule has 0 saturated carbocycles. The average molecular weight is 214 g/mol. The lowest BCUT2D eigenvalue weighted by molar-refractivity contribution is -0.173. The summed E-state index contributed by atoms with van der Waals surface area (Å²) >= 11 is 0. The van der Waals surface area contributed by atoms with Gasteiger partial charge in [0.25, 0.3) is 0 Å². The van der Waals surface area contributed by atoms with E-state index in [9.17, 15) is 4.79 Å². The average Bonchev–Trinajstić information content (AvgIpc) is 2.18. The molecule has 88 valence electrons. The van der Waals surface area contributed by atoms with Crippen molar-refractivity contribution in [1.82, 2.24) is 9.80 Å².